The van der Waals surface area contributed by atoms with Crippen LogP contribution < -0.4 is 5.32 Å². The Morgan fingerprint density at radius 1 is 1.42 bits per heavy atom. The Bertz CT molecular complexity index is 498. The highest BCUT2D eigenvalue weighted by atomic mass is 16.5. The molecule has 0 unspecified atom stereocenters. The minimum Gasteiger partial charge on any atom is -0.388 e. The first kappa shape index (κ1) is 18.8. The van der Waals surface area contributed by atoms with E-state index in [1.807, 2.05) is 25.2 Å². The largest absolute Gasteiger partial charge is 0.388 e. The zero-order valence-electron chi connectivity index (χ0n) is 14.6. The van der Waals surface area contributed by atoms with Gasteiger partial charge in [-0.3, -0.25) is 9.78 Å². The Morgan fingerprint density at radius 2 is 2.21 bits per heavy atom. The number of aliphatic hydroxyl groups excluding tert-OH is 1. The molecule has 2 N–H and O–H groups in total. The van der Waals surface area contributed by atoms with Crippen LogP contribution in [0.4, 0.5) is 0 Å². The van der Waals surface area contributed by atoms with E-state index in [1.165, 1.54) is 0 Å². The highest BCUT2D eigenvalue weighted by Gasteiger charge is 2.30. The number of carbonyl (C=O) groups is 1. The summed E-state index contributed by atoms with van der Waals surface area (Å²) in [4.78, 5) is 18.6. The van der Waals surface area contributed by atoms with Crippen LogP contribution >= 0.6 is 0 Å². The third-order valence-corrected chi connectivity index (χ3v) is 4.57. The molecule has 0 aromatic carbocycles. The number of pyridine rings is 1. The minimum absolute atomic E-state index is 0.0244. The maximum Gasteiger partial charge on any atom is 0.221 e. The summed E-state index contributed by atoms with van der Waals surface area (Å²) in [5.74, 6) is -0.0244. The molecule has 1 amide bonds. The summed E-state index contributed by atoms with van der Waals surface area (Å²) in [6.45, 7) is 1.37. The smallest absolute Gasteiger partial charge is 0.221 e. The Balaban J connectivity index is 1.75. The quantitative estimate of drug-likeness (QED) is 0.736. The maximum absolute atomic E-state index is 12.2. The molecule has 6 nitrogen and oxygen atoms in total. The number of nitrogens with one attached hydrogen (secondary N) is 1. The lowest BCUT2D eigenvalue weighted by Crippen LogP contribution is -2.48. The monoisotopic (exact) mass is 335 g/mol. The van der Waals surface area contributed by atoms with Crippen LogP contribution in [-0.4, -0.2) is 59.8 Å². The number of amides is 1. The lowest BCUT2D eigenvalue weighted by molar-refractivity contribution is -0.124. The molecule has 1 aromatic rings. The van der Waals surface area contributed by atoms with Crippen LogP contribution in [0.15, 0.2) is 24.4 Å². The molecule has 1 saturated carbocycles. The van der Waals surface area contributed by atoms with Crippen LogP contribution in [0.1, 0.15) is 37.8 Å². The number of ether oxygens (including phenoxy) is 1. The second-order valence-electron chi connectivity index (χ2n) is 6.53. The zero-order chi connectivity index (χ0) is 17.4. The fraction of sp³-hybridized carbons (Fsp3) is 0.667. The van der Waals surface area contributed by atoms with Crippen molar-refractivity contribution in [1.82, 2.24) is 15.2 Å². The molecule has 2 rings (SSSR count). The molecule has 0 spiro atoms. The van der Waals surface area contributed by atoms with Gasteiger partial charge in [-0.2, -0.15) is 0 Å². The van der Waals surface area contributed by atoms with Crippen LogP contribution in [0.2, 0.25) is 0 Å². The van der Waals surface area contributed by atoms with E-state index in [-0.39, 0.29) is 18.1 Å². The van der Waals surface area contributed by atoms with Gasteiger partial charge in [0.1, 0.15) is 6.10 Å². The first-order valence-electron chi connectivity index (χ1n) is 8.69. The van der Waals surface area contributed by atoms with E-state index < -0.39 is 6.10 Å². The van der Waals surface area contributed by atoms with Gasteiger partial charge in [0, 0.05) is 32.8 Å². The predicted molar refractivity (Wildman–Crippen MR) is 92.4 cm³/mol. The SMILES string of the molecule is CO[C@@H]1CCCC[C@@H](NC(=O)CCN(C)Cc2ccccn2)[C@H]1O. The number of carbonyl (C=O) groups excluding carboxylic acids is 1. The average Bonchev–Trinajstić information content (AvgIpc) is 2.76. The molecule has 1 aliphatic carbocycles. The van der Waals surface area contributed by atoms with E-state index in [0.29, 0.717) is 19.5 Å². The van der Waals surface area contributed by atoms with Gasteiger partial charge in [-0.1, -0.05) is 18.9 Å². The van der Waals surface area contributed by atoms with Crippen molar-refractivity contribution in [2.24, 2.45) is 0 Å². The van der Waals surface area contributed by atoms with Gasteiger partial charge in [0.2, 0.25) is 5.91 Å². The van der Waals surface area contributed by atoms with E-state index in [4.69, 9.17) is 4.74 Å². The van der Waals surface area contributed by atoms with E-state index in [1.54, 1.807) is 13.3 Å². The molecule has 0 saturated heterocycles. The fourth-order valence-corrected chi connectivity index (χ4v) is 3.14. The van der Waals surface area contributed by atoms with Gasteiger partial charge in [0.25, 0.3) is 0 Å². The molecule has 1 aromatic heterocycles. The number of hydrogen-bond acceptors (Lipinski definition) is 5. The lowest BCUT2D eigenvalue weighted by atomic mass is 10.0. The van der Waals surface area contributed by atoms with E-state index >= 15 is 0 Å². The minimum atomic E-state index is -0.632. The molecule has 0 radical (unpaired) electrons. The lowest BCUT2D eigenvalue weighted by Gasteiger charge is -2.27. The topological polar surface area (TPSA) is 74.7 Å². The molecule has 1 fully saturated rings. The third-order valence-electron chi connectivity index (χ3n) is 4.57. The number of hydrogen-bond donors (Lipinski definition) is 2. The molecule has 1 heterocycles. The van der Waals surface area contributed by atoms with Gasteiger partial charge in [-0.25, -0.2) is 0 Å². The van der Waals surface area contributed by atoms with Gasteiger partial charge < -0.3 is 20.1 Å². The normalized spacial score (nSPS) is 24.6. The zero-order valence-corrected chi connectivity index (χ0v) is 14.6. The van der Waals surface area contributed by atoms with E-state index in [2.05, 4.69) is 15.2 Å². The number of nitrogens with zero attached hydrogens (tertiary/aromatic N) is 2. The molecule has 134 valence electrons. The summed E-state index contributed by atoms with van der Waals surface area (Å²) in [6.07, 6.45) is 5.03. The summed E-state index contributed by atoms with van der Waals surface area (Å²) in [5, 5.41) is 13.4. The number of rotatable bonds is 7. The molecule has 24 heavy (non-hydrogen) atoms. The summed E-state index contributed by atoms with van der Waals surface area (Å²) in [7, 11) is 3.59. The Hall–Kier alpha value is -1.50. The average molecular weight is 335 g/mol. The van der Waals surface area contributed by atoms with Crippen LogP contribution in [0.3, 0.4) is 0 Å². The van der Waals surface area contributed by atoms with Gasteiger partial charge in [0.15, 0.2) is 0 Å². The van der Waals surface area contributed by atoms with E-state index in [9.17, 15) is 9.90 Å². The van der Waals surface area contributed by atoms with Gasteiger partial charge in [0.05, 0.1) is 17.8 Å². The summed E-state index contributed by atoms with van der Waals surface area (Å²) >= 11 is 0. The maximum atomic E-state index is 12.2. The second-order valence-corrected chi connectivity index (χ2v) is 6.53. The summed E-state index contributed by atoms with van der Waals surface area (Å²) in [5.41, 5.74) is 0.988. The first-order chi connectivity index (χ1) is 11.6. The van der Waals surface area contributed by atoms with Crippen LogP contribution in [0.5, 0.6) is 0 Å². The fourth-order valence-electron chi connectivity index (χ4n) is 3.14. The standard InChI is InChI=1S/C18H29N3O3/c1-21(13-14-7-5-6-11-19-14)12-10-17(22)20-15-8-3-4-9-16(24-2)18(15)23/h5-7,11,15-16,18,23H,3-4,8-10,12-13H2,1-2H3,(H,20,22)/t15-,16-,18-/m1/s1. The van der Waals surface area contributed by atoms with E-state index in [0.717, 1.165) is 31.4 Å². The summed E-state index contributed by atoms with van der Waals surface area (Å²) < 4.78 is 5.34. The van der Waals surface area contributed by atoms with Crippen molar-refractivity contribution in [3.63, 3.8) is 0 Å². The van der Waals surface area contributed by atoms with Crippen molar-refractivity contribution < 1.29 is 14.6 Å². The Morgan fingerprint density at radius 3 is 2.92 bits per heavy atom. The van der Waals surface area contributed by atoms with Gasteiger partial charge in [-0.05, 0) is 32.0 Å². The van der Waals surface area contributed by atoms with Gasteiger partial charge in [-0.15, -0.1) is 0 Å². The highest BCUT2D eigenvalue weighted by Crippen LogP contribution is 2.21. The Kier molecular flexibility index (Phi) is 7.62. The van der Waals surface area contributed by atoms with Crippen molar-refractivity contribution in [3.8, 4) is 0 Å². The van der Waals surface area contributed by atoms with Crippen LogP contribution in [-0.2, 0) is 16.1 Å². The van der Waals surface area contributed by atoms with Crippen molar-refractivity contribution in [2.45, 2.75) is 56.9 Å². The molecule has 0 bridgehead atoms. The van der Waals surface area contributed by atoms with Crippen molar-refractivity contribution in [3.05, 3.63) is 30.1 Å². The molecular weight excluding hydrogens is 306 g/mol. The van der Waals surface area contributed by atoms with Gasteiger partial charge >= 0.3 is 0 Å². The van der Waals surface area contributed by atoms with Crippen LogP contribution in [0, 0.1) is 0 Å². The number of aromatic nitrogens is 1. The van der Waals surface area contributed by atoms with Crippen molar-refractivity contribution >= 4 is 5.91 Å². The third kappa shape index (κ3) is 5.85. The van der Waals surface area contributed by atoms with Crippen molar-refractivity contribution in [1.29, 1.82) is 0 Å². The highest BCUT2D eigenvalue weighted by molar-refractivity contribution is 5.76. The molecule has 1 aliphatic rings. The summed E-state index contributed by atoms with van der Waals surface area (Å²) in [6, 6.07) is 5.61. The van der Waals surface area contributed by atoms with Crippen LogP contribution in [0.25, 0.3) is 0 Å². The molecule has 6 heteroatoms. The molecular formula is C18H29N3O3. The Labute approximate surface area is 144 Å². The molecule has 3 atom stereocenters. The number of methoxy groups -OCH3 is 1. The predicted octanol–water partition coefficient (Wildman–Crippen LogP) is 1.34. The second kappa shape index (κ2) is 9.71. The molecule has 0 aliphatic heterocycles. The number of aliphatic hydroxyl groups is 1. The van der Waals surface area contributed by atoms with Crippen molar-refractivity contribution in [2.75, 3.05) is 20.7 Å². The first-order valence-corrected chi connectivity index (χ1v) is 8.69.